The van der Waals surface area contributed by atoms with Crippen molar-refractivity contribution in [2.24, 2.45) is 5.73 Å². The Morgan fingerprint density at radius 3 is 2.32 bits per heavy atom. The standard InChI is InChI=1S/C28H28ClF2N.C2H6/c1-4-9-18-12-13-21(16(3)32)25(28(18)31)26-24-19(15-23(30)27(26)29)14-22(20(24)5-2)17-10-7-6-8-11-17;1-2/h6-8,10-13,15,20,22H,3-5,9,14,32H2,1-2H3;1-2H3. The van der Waals surface area contributed by atoms with Gasteiger partial charge in [-0.3, -0.25) is 0 Å². The van der Waals surface area contributed by atoms with E-state index in [1.54, 1.807) is 12.1 Å². The molecule has 1 nitrogen and oxygen atoms in total. The first-order valence-corrected chi connectivity index (χ1v) is 12.6. The van der Waals surface area contributed by atoms with E-state index in [0.717, 1.165) is 24.0 Å². The predicted molar refractivity (Wildman–Crippen MR) is 141 cm³/mol. The average molecular weight is 482 g/mol. The highest BCUT2D eigenvalue weighted by atomic mass is 35.5. The molecule has 0 aromatic heterocycles. The lowest BCUT2D eigenvalue weighted by molar-refractivity contribution is 0.565. The monoisotopic (exact) mass is 481 g/mol. The maximum Gasteiger partial charge on any atom is 0.142 e. The molecule has 4 heteroatoms. The fourth-order valence-corrected chi connectivity index (χ4v) is 5.49. The second-order valence-corrected chi connectivity index (χ2v) is 8.97. The van der Waals surface area contributed by atoms with Crippen LogP contribution in [-0.2, 0) is 12.8 Å². The molecule has 2 unspecified atom stereocenters. The average Bonchev–Trinajstić information content (AvgIpc) is 3.21. The van der Waals surface area contributed by atoms with Gasteiger partial charge in [0.15, 0.2) is 0 Å². The molecular weight excluding hydrogens is 448 g/mol. The van der Waals surface area contributed by atoms with E-state index in [1.807, 2.05) is 39.0 Å². The van der Waals surface area contributed by atoms with Gasteiger partial charge >= 0.3 is 0 Å². The van der Waals surface area contributed by atoms with Gasteiger partial charge in [-0.25, -0.2) is 8.78 Å². The molecule has 2 atom stereocenters. The first-order chi connectivity index (χ1) is 16.4. The first-order valence-electron chi connectivity index (χ1n) is 12.2. The van der Waals surface area contributed by atoms with Gasteiger partial charge in [-0.1, -0.05) is 94.8 Å². The van der Waals surface area contributed by atoms with Gasteiger partial charge in [0.05, 0.1) is 5.02 Å². The van der Waals surface area contributed by atoms with Crippen LogP contribution in [-0.4, -0.2) is 0 Å². The first kappa shape index (κ1) is 26.0. The Labute approximate surface area is 207 Å². The predicted octanol–water partition coefficient (Wildman–Crippen LogP) is 9.03. The summed E-state index contributed by atoms with van der Waals surface area (Å²) in [4.78, 5) is 0. The molecule has 2 N–H and O–H groups in total. The van der Waals surface area contributed by atoms with E-state index in [-0.39, 0.29) is 33.9 Å². The number of nitrogens with two attached hydrogens (primary N) is 1. The van der Waals surface area contributed by atoms with Crippen LogP contribution in [0.4, 0.5) is 8.78 Å². The molecule has 0 saturated heterocycles. The molecule has 0 bridgehead atoms. The minimum absolute atomic E-state index is 0.0500. The number of rotatable bonds is 6. The van der Waals surface area contributed by atoms with E-state index < -0.39 is 5.82 Å². The van der Waals surface area contributed by atoms with Crippen molar-refractivity contribution >= 4 is 17.3 Å². The fraction of sp³-hybridized carbons (Fsp3) is 0.333. The molecule has 0 aliphatic heterocycles. The molecule has 1 aliphatic rings. The van der Waals surface area contributed by atoms with Gasteiger partial charge in [0, 0.05) is 22.4 Å². The summed E-state index contributed by atoms with van der Waals surface area (Å²) in [5.41, 5.74) is 11.1. The van der Waals surface area contributed by atoms with Gasteiger partial charge in [-0.05, 0) is 59.4 Å². The van der Waals surface area contributed by atoms with Crippen molar-refractivity contribution in [1.82, 2.24) is 0 Å². The van der Waals surface area contributed by atoms with Crippen LogP contribution in [0.25, 0.3) is 16.8 Å². The van der Waals surface area contributed by atoms with Gasteiger partial charge in [0.1, 0.15) is 11.6 Å². The summed E-state index contributed by atoms with van der Waals surface area (Å²) in [5, 5.41) is -0.0500. The van der Waals surface area contributed by atoms with Gasteiger partial charge in [-0.15, -0.1) is 0 Å². The van der Waals surface area contributed by atoms with Crippen molar-refractivity contribution in [3.05, 3.63) is 99.6 Å². The van der Waals surface area contributed by atoms with E-state index in [1.165, 1.54) is 11.6 Å². The number of halogens is 3. The van der Waals surface area contributed by atoms with Crippen LogP contribution in [0, 0.1) is 11.6 Å². The van der Waals surface area contributed by atoms with Crippen LogP contribution >= 0.6 is 11.6 Å². The Morgan fingerprint density at radius 2 is 1.74 bits per heavy atom. The van der Waals surface area contributed by atoms with E-state index in [0.29, 0.717) is 29.5 Å². The molecule has 0 spiro atoms. The van der Waals surface area contributed by atoms with E-state index in [9.17, 15) is 0 Å². The SMILES string of the molecule is C=C(N)c1ccc(CCC)c(F)c1-c1c(Cl)c(F)cc2c1C(CC)C(c1ccccc1)C2.CC. The zero-order valence-electron chi connectivity index (χ0n) is 20.5. The lowest BCUT2D eigenvalue weighted by atomic mass is 9.81. The molecular formula is C30H34ClF2N. The van der Waals surface area contributed by atoms with Crippen molar-refractivity contribution in [2.75, 3.05) is 0 Å². The smallest absolute Gasteiger partial charge is 0.142 e. The van der Waals surface area contributed by atoms with E-state index in [2.05, 4.69) is 25.6 Å². The molecule has 180 valence electrons. The maximum absolute atomic E-state index is 15.9. The van der Waals surface area contributed by atoms with Crippen LogP contribution in [0.15, 0.2) is 55.1 Å². The van der Waals surface area contributed by atoms with Crippen LogP contribution in [0.1, 0.15) is 80.2 Å². The second-order valence-electron chi connectivity index (χ2n) is 8.59. The number of fused-ring (bicyclic) bond motifs is 1. The molecule has 3 aromatic carbocycles. The lowest BCUT2D eigenvalue weighted by Crippen LogP contribution is -2.09. The molecule has 1 aliphatic carbocycles. The fourth-order valence-electron chi connectivity index (χ4n) is 5.24. The molecule has 0 radical (unpaired) electrons. The van der Waals surface area contributed by atoms with E-state index >= 15 is 8.78 Å². The summed E-state index contributed by atoms with van der Waals surface area (Å²) in [5.74, 6) is -0.644. The van der Waals surface area contributed by atoms with Gasteiger partial charge in [-0.2, -0.15) is 0 Å². The normalized spacial score (nSPS) is 16.6. The number of aryl methyl sites for hydroxylation is 1. The van der Waals surface area contributed by atoms with Crippen LogP contribution in [0.5, 0.6) is 0 Å². The van der Waals surface area contributed by atoms with Crippen molar-refractivity contribution < 1.29 is 8.78 Å². The van der Waals surface area contributed by atoms with Crippen LogP contribution in [0.2, 0.25) is 5.02 Å². The summed E-state index contributed by atoms with van der Waals surface area (Å²) in [6, 6.07) is 15.3. The third-order valence-corrected chi connectivity index (χ3v) is 7.02. The minimum atomic E-state index is -0.530. The van der Waals surface area contributed by atoms with Crippen molar-refractivity contribution in [2.45, 2.75) is 65.2 Å². The summed E-state index contributed by atoms with van der Waals surface area (Å²) in [6.45, 7) is 12.0. The molecule has 3 aromatic rings. The minimum Gasteiger partial charge on any atom is -0.399 e. The largest absolute Gasteiger partial charge is 0.399 e. The summed E-state index contributed by atoms with van der Waals surface area (Å²) in [7, 11) is 0. The number of benzene rings is 3. The van der Waals surface area contributed by atoms with Crippen molar-refractivity contribution in [3.63, 3.8) is 0 Å². The highest BCUT2D eigenvalue weighted by molar-refractivity contribution is 6.34. The molecule has 0 amide bonds. The lowest BCUT2D eigenvalue weighted by Gasteiger charge is -2.24. The molecule has 0 saturated carbocycles. The number of hydrogen-bond donors (Lipinski definition) is 1. The zero-order valence-corrected chi connectivity index (χ0v) is 21.3. The highest BCUT2D eigenvalue weighted by Gasteiger charge is 2.37. The molecule has 4 rings (SSSR count). The van der Waals surface area contributed by atoms with Gasteiger partial charge in [0.25, 0.3) is 0 Å². The zero-order chi connectivity index (χ0) is 25.0. The van der Waals surface area contributed by atoms with E-state index in [4.69, 9.17) is 17.3 Å². The molecule has 34 heavy (non-hydrogen) atoms. The Morgan fingerprint density at radius 1 is 1.06 bits per heavy atom. The summed E-state index contributed by atoms with van der Waals surface area (Å²) < 4.78 is 31.0. The van der Waals surface area contributed by atoms with Crippen molar-refractivity contribution in [1.29, 1.82) is 0 Å². The van der Waals surface area contributed by atoms with Crippen LogP contribution in [0.3, 0.4) is 0 Å². The Kier molecular flexibility index (Phi) is 8.54. The van der Waals surface area contributed by atoms with Crippen LogP contribution < -0.4 is 5.73 Å². The Balaban J connectivity index is 0.00000158. The third-order valence-electron chi connectivity index (χ3n) is 6.65. The highest BCUT2D eigenvalue weighted by Crippen LogP contribution is 2.53. The third kappa shape index (κ3) is 4.63. The quantitative estimate of drug-likeness (QED) is 0.373. The maximum atomic E-state index is 15.9. The van der Waals surface area contributed by atoms with Crippen molar-refractivity contribution in [3.8, 4) is 11.1 Å². The number of hydrogen-bond acceptors (Lipinski definition) is 1. The topological polar surface area (TPSA) is 26.0 Å². The molecule has 0 fully saturated rings. The summed E-state index contributed by atoms with van der Waals surface area (Å²) in [6.07, 6.45) is 2.89. The summed E-state index contributed by atoms with van der Waals surface area (Å²) >= 11 is 6.59. The Bertz CT molecular complexity index is 1170. The van der Waals surface area contributed by atoms with Gasteiger partial charge < -0.3 is 5.73 Å². The second kappa shape index (κ2) is 11.2. The Hall–Kier alpha value is -2.65. The molecule has 0 heterocycles. The van der Waals surface area contributed by atoms with Gasteiger partial charge in [0.2, 0.25) is 0 Å².